The van der Waals surface area contributed by atoms with Crippen molar-refractivity contribution in [1.82, 2.24) is 15.1 Å². The zero-order valence-electron chi connectivity index (χ0n) is 15.9. The SMILES string of the molecule is CC1(C)SC(=S)N(CCN2CCCCC2)C(=O)C1NC(=O)c1ccccc1. The van der Waals surface area contributed by atoms with Gasteiger partial charge in [0.25, 0.3) is 11.8 Å². The first-order valence-corrected chi connectivity index (χ1v) is 10.7. The number of nitrogens with zero attached hydrogens (tertiary/aromatic N) is 2. The van der Waals surface area contributed by atoms with Crippen LogP contribution in [-0.4, -0.2) is 62.9 Å². The molecule has 7 heteroatoms. The minimum atomic E-state index is -0.608. The van der Waals surface area contributed by atoms with Crippen molar-refractivity contribution in [2.45, 2.75) is 43.9 Å². The molecule has 2 amide bonds. The van der Waals surface area contributed by atoms with Crippen molar-refractivity contribution in [3.8, 4) is 0 Å². The number of rotatable bonds is 5. The van der Waals surface area contributed by atoms with Crippen molar-refractivity contribution in [1.29, 1.82) is 0 Å². The molecule has 0 bridgehead atoms. The lowest BCUT2D eigenvalue weighted by Crippen LogP contribution is -2.63. The number of thioether (sulfide) groups is 1. The molecule has 2 fully saturated rings. The van der Waals surface area contributed by atoms with Gasteiger partial charge in [0.2, 0.25) is 0 Å². The third-order valence-corrected chi connectivity index (χ3v) is 6.81. The van der Waals surface area contributed by atoms with Crippen molar-refractivity contribution in [3.63, 3.8) is 0 Å². The minimum absolute atomic E-state index is 0.106. The summed E-state index contributed by atoms with van der Waals surface area (Å²) in [5, 5.41) is 2.94. The predicted octanol–water partition coefficient (Wildman–Crippen LogP) is 2.91. The molecule has 0 aliphatic carbocycles. The molecule has 0 radical (unpaired) electrons. The minimum Gasteiger partial charge on any atom is -0.339 e. The van der Waals surface area contributed by atoms with Crippen LogP contribution in [-0.2, 0) is 4.79 Å². The molecule has 1 aromatic carbocycles. The maximum atomic E-state index is 13.2. The Morgan fingerprint density at radius 1 is 1.19 bits per heavy atom. The molecule has 5 nitrogen and oxygen atoms in total. The Morgan fingerprint density at radius 3 is 2.52 bits per heavy atom. The van der Waals surface area contributed by atoms with Crippen LogP contribution in [0.1, 0.15) is 43.5 Å². The second-order valence-electron chi connectivity index (χ2n) is 7.64. The molecule has 146 valence electrons. The number of piperidine rings is 1. The number of benzene rings is 1. The summed E-state index contributed by atoms with van der Waals surface area (Å²) in [6.45, 7) is 7.49. The number of hydrogen-bond acceptors (Lipinski definition) is 5. The molecule has 1 atom stereocenters. The number of nitrogens with one attached hydrogen (secondary N) is 1. The Morgan fingerprint density at radius 2 is 1.85 bits per heavy atom. The summed E-state index contributed by atoms with van der Waals surface area (Å²) in [6, 6.07) is 8.39. The third-order valence-electron chi connectivity index (χ3n) is 5.18. The summed E-state index contributed by atoms with van der Waals surface area (Å²) >= 11 is 7.01. The van der Waals surface area contributed by atoms with Gasteiger partial charge in [-0.3, -0.25) is 14.5 Å². The standard InChI is InChI=1S/C20H27N3O2S2/c1-20(2)16(21-17(24)15-9-5-3-6-10-15)18(25)23(19(26)27-20)14-13-22-11-7-4-8-12-22/h3,5-6,9-10,16H,4,7-8,11-14H2,1-2H3,(H,21,24). The molecule has 2 saturated heterocycles. The average Bonchev–Trinajstić information content (AvgIpc) is 2.66. The second kappa shape index (κ2) is 8.71. The molecular weight excluding hydrogens is 378 g/mol. The summed E-state index contributed by atoms with van der Waals surface area (Å²) in [6.07, 6.45) is 3.72. The zero-order chi connectivity index (χ0) is 19.4. The van der Waals surface area contributed by atoms with Gasteiger partial charge < -0.3 is 10.2 Å². The van der Waals surface area contributed by atoms with Gasteiger partial charge >= 0.3 is 0 Å². The fourth-order valence-corrected chi connectivity index (χ4v) is 5.39. The van der Waals surface area contributed by atoms with E-state index in [1.807, 2.05) is 32.0 Å². The van der Waals surface area contributed by atoms with E-state index in [9.17, 15) is 9.59 Å². The van der Waals surface area contributed by atoms with E-state index < -0.39 is 10.8 Å². The van der Waals surface area contributed by atoms with Crippen LogP contribution < -0.4 is 5.32 Å². The van der Waals surface area contributed by atoms with E-state index in [1.165, 1.54) is 31.0 Å². The van der Waals surface area contributed by atoms with Gasteiger partial charge in [-0.15, -0.1) is 0 Å². The van der Waals surface area contributed by atoms with Crippen LogP contribution in [0.15, 0.2) is 30.3 Å². The molecule has 0 spiro atoms. The zero-order valence-corrected chi connectivity index (χ0v) is 17.6. The van der Waals surface area contributed by atoms with Gasteiger partial charge in [-0.25, -0.2) is 0 Å². The molecule has 2 heterocycles. The molecule has 2 aliphatic heterocycles. The monoisotopic (exact) mass is 405 g/mol. The molecule has 3 rings (SSSR count). The van der Waals surface area contributed by atoms with Crippen LogP contribution in [0.3, 0.4) is 0 Å². The number of amides is 2. The largest absolute Gasteiger partial charge is 0.339 e. The highest BCUT2D eigenvalue weighted by atomic mass is 32.2. The van der Waals surface area contributed by atoms with Gasteiger partial charge in [-0.2, -0.15) is 0 Å². The quantitative estimate of drug-likeness (QED) is 0.764. The molecular formula is C20H27N3O2S2. The van der Waals surface area contributed by atoms with Gasteiger partial charge in [-0.05, 0) is 51.9 Å². The maximum Gasteiger partial charge on any atom is 0.252 e. The highest BCUT2D eigenvalue weighted by Gasteiger charge is 2.46. The summed E-state index contributed by atoms with van der Waals surface area (Å²) in [5.74, 6) is -0.337. The number of likely N-dealkylation sites (tertiary alicyclic amines) is 1. The molecule has 0 saturated carbocycles. The fraction of sp³-hybridized carbons (Fsp3) is 0.550. The van der Waals surface area contributed by atoms with Crippen molar-refractivity contribution < 1.29 is 9.59 Å². The van der Waals surface area contributed by atoms with E-state index in [4.69, 9.17) is 12.2 Å². The van der Waals surface area contributed by atoms with Crippen molar-refractivity contribution in [3.05, 3.63) is 35.9 Å². The van der Waals surface area contributed by atoms with Crippen LogP contribution in [0.2, 0.25) is 0 Å². The fourth-order valence-electron chi connectivity index (χ4n) is 3.55. The lowest BCUT2D eigenvalue weighted by atomic mass is 10.0. The second-order valence-corrected chi connectivity index (χ2v) is 9.92. The average molecular weight is 406 g/mol. The van der Waals surface area contributed by atoms with E-state index in [2.05, 4.69) is 10.2 Å². The van der Waals surface area contributed by atoms with Gasteiger partial charge in [0.1, 0.15) is 10.4 Å². The van der Waals surface area contributed by atoms with Gasteiger partial charge in [-0.1, -0.05) is 48.6 Å². The smallest absolute Gasteiger partial charge is 0.252 e. The van der Waals surface area contributed by atoms with E-state index >= 15 is 0 Å². The Labute approximate surface area is 170 Å². The van der Waals surface area contributed by atoms with Crippen LogP contribution >= 0.6 is 24.0 Å². The number of hydrogen-bond donors (Lipinski definition) is 1. The number of carbonyl (C=O) groups is 2. The molecule has 2 aliphatic rings. The molecule has 1 unspecified atom stereocenters. The maximum absolute atomic E-state index is 13.2. The first-order chi connectivity index (χ1) is 12.9. The Balaban J connectivity index is 1.69. The molecule has 27 heavy (non-hydrogen) atoms. The van der Waals surface area contributed by atoms with Crippen LogP contribution in [0.4, 0.5) is 0 Å². The van der Waals surface area contributed by atoms with Crippen molar-refractivity contribution >= 4 is 40.1 Å². The van der Waals surface area contributed by atoms with E-state index in [0.717, 1.165) is 19.6 Å². The van der Waals surface area contributed by atoms with Crippen molar-refractivity contribution in [2.75, 3.05) is 26.2 Å². The predicted molar refractivity (Wildman–Crippen MR) is 114 cm³/mol. The summed E-state index contributed by atoms with van der Waals surface area (Å²) in [5.41, 5.74) is 0.555. The van der Waals surface area contributed by atoms with Gasteiger partial charge in [0.05, 0.1) is 0 Å². The number of carbonyl (C=O) groups excluding carboxylic acids is 2. The topological polar surface area (TPSA) is 52.6 Å². The van der Waals surface area contributed by atoms with Crippen molar-refractivity contribution in [2.24, 2.45) is 0 Å². The Bertz CT molecular complexity index is 702. The molecule has 0 aromatic heterocycles. The lowest BCUT2D eigenvalue weighted by Gasteiger charge is -2.43. The van der Waals surface area contributed by atoms with E-state index in [-0.39, 0.29) is 11.8 Å². The van der Waals surface area contributed by atoms with Crippen LogP contribution in [0.5, 0.6) is 0 Å². The number of thiocarbonyl (C=S) groups is 1. The molecule has 1 N–H and O–H groups in total. The van der Waals surface area contributed by atoms with Gasteiger partial charge in [0, 0.05) is 23.4 Å². The first-order valence-electron chi connectivity index (χ1n) is 9.51. The Kier molecular flexibility index (Phi) is 6.55. The third kappa shape index (κ3) is 4.89. The summed E-state index contributed by atoms with van der Waals surface area (Å²) in [7, 11) is 0. The van der Waals surface area contributed by atoms with Gasteiger partial charge in [0.15, 0.2) is 0 Å². The van der Waals surface area contributed by atoms with Crippen LogP contribution in [0, 0.1) is 0 Å². The summed E-state index contributed by atoms with van der Waals surface area (Å²) < 4.78 is 0.118. The highest BCUT2D eigenvalue weighted by Crippen LogP contribution is 2.36. The highest BCUT2D eigenvalue weighted by molar-refractivity contribution is 8.24. The normalized spacial score (nSPS) is 23.3. The van der Waals surface area contributed by atoms with E-state index in [0.29, 0.717) is 16.4 Å². The lowest BCUT2D eigenvalue weighted by molar-refractivity contribution is -0.130. The first kappa shape index (κ1) is 20.3. The van der Waals surface area contributed by atoms with Crippen LogP contribution in [0.25, 0.3) is 0 Å². The molecule has 1 aromatic rings. The summed E-state index contributed by atoms with van der Waals surface area (Å²) in [4.78, 5) is 29.9. The Hall–Kier alpha value is -1.44. The van der Waals surface area contributed by atoms with E-state index in [1.54, 1.807) is 17.0 Å².